The van der Waals surface area contributed by atoms with Crippen molar-refractivity contribution in [1.82, 2.24) is 4.90 Å². The molecule has 0 N–H and O–H groups in total. The normalized spacial score (nSPS) is 20.9. The molecular formula is C10H15NO2. The SMILES string of the molecule is CC(C)OC(=O)C1C=CC=CN1C. The average molecular weight is 181 g/mol. The van der Waals surface area contributed by atoms with E-state index in [2.05, 4.69) is 0 Å². The lowest BCUT2D eigenvalue weighted by atomic mass is 10.2. The molecule has 72 valence electrons. The highest BCUT2D eigenvalue weighted by Gasteiger charge is 2.21. The van der Waals surface area contributed by atoms with Crippen LogP contribution in [0.3, 0.4) is 0 Å². The summed E-state index contributed by atoms with van der Waals surface area (Å²) in [5, 5.41) is 0. The molecule has 0 aromatic heterocycles. The van der Waals surface area contributed by atoms with E-state index in [-0.39, 0.29) is 18.1 Å². The highest BCUT2D eigenvalue weighted by molar-refractivity contribution is 5.78. The topological polar surface area (TPSA) is 29.5 Å². The van der Waals surface area contributed by atoms with E-state index >= 15 is 0 Å². The number of likely N-dealkylation sites (N-methyl/N-ethyl adjacent to an activating group) is 1. The van der Waals surface area contributed by atoms with E-state index in [1.165, 1.54) is 0 Å². The lowest BCUT2D eigenvalue weighted by Gasteiger charge is -2.25. The molecule has 0 aromatic rings. The molecule has 0 bridgehead atoms. The average Bonchev–Trinajstić information content (AvgIpc) is 2.03. The van der Waals surface area contributed by atoms with Crippen LogP contribution in [0.4, 0.5) is 0 Å². The van der Waals surface area contributed by atoms with Crippen LogP contribution in [-0.4, -0.2) is 30.1 Å². The van der Waals surface area contributed by atoms with Crippen molar-refractivity contribution in [3.05, 3.63) is 24.4 Å². The van der Waals surface area contributed by atoms with Crippen molar-refractivity contribution >= 4 is 5.97 Å². The fraction of sp³-hybridized carbons (Fsp3) is 0.500. The van der Waals surface area contributed by atoms with Crippen molar-refractivity contribution in [2.75, 3.05) is 7.05 Å². The number of allylic oxidation sites excluding steroid dienone is 2. The quantitative estimate of drug-likeness (QED) is 0.602. The van der Waals surface area contributed by atoms with Gasteiger partial charge in [0.15, 0.2) is 0 Å². The molecule has 0 fully saturated rings. The van der Waals surface area contributed by atoms with Crippen molar-refractivity contribution in [1.29, 1.82) is 0 Å². The maximum Gasteiger partial charge on any atom is 0.333 e. The zero-order valence-corrected chi connectivity index (χ0v) is 8.23. The fourth-order valence-corrected chi connectivity index (χ4v) is 1.13. The van der Waals surface area contributed by atoms with Gasteiger partial charge >= 0.3 is 5.97 Å². The molecule has 0 aliphatic carbocycles. The minimum absolute atomic E-state index is 0.0554. The van der Waals surface area contributed by atoms with Gasteiger partial charge in [0, 0.05) is 7.05 Å². The van der Waals surface area contributed by atoms with E-state index in [4.69, 9.17) is 4.74 Å². The van der Waals surface area contributed by atoms with Gasteiger partial charge in [-0.25, -0.2) is 4.79 Å². The number of esters is 1. The minimum Gasteiger partial charge on any atom is -0.461 e. The van der Waals surface area contributed by atoms with Crippen molar-refractivity contribution in [3.8, 4) is 0 Å². The lowest BCUT2D eigenvalue weighted by Crippen LogP contribution is -2.36. The van der Waals surface area contributed by atoms with Crippen LogP contribution in [0.2, 0.25) is 0 Å². The van der Waals surface area contributed by atoms with Gasteiger partial charge in [0.05, 0.1) is 6.10 Å². The van der Waals surface area contributed by atoms with Crippen molar-refractivity contribution in [3.63, 3.8) is 0 Å². The smallest absolute Gasteiger partial charge is 0.333 e. The summed E-state index contributed by atoms with van der Waals surface area (Å²) >= 11 is 0. The second kappa shape index (κ2) is 4.12. The maximum absolute atomic E-state index is 11.5. The van der Waals surface area contributed by atoms with Crippen LogP contribution in [0.15, 0.2) is 24.4 Å². The summed E-state index contributed by atoms with van der Waals surface area (Å²) in [6.07, 6.45) is 7.36. The van der Waals surface area contributed by atoms with Gasteiger partial charge in [-0.15, -0.1) is 0 Å². The molecule has 0 spiro atoms. The van der Waals surface area contributed by atoms with E-state index in [9.17, 15) is 4.79 Å². The van der Waals surface area contributed by atoms with E-state index in [1.807, 2.05) is 50.2 Å². The second-order valence-electron chi connectivity index (χ2n) is 3.32. The Balaban J connectivity index is 2.56. The van der Waals surface area contributed by atoms with Gasteiger partial charge in [-0.1, -0.05) is 12.2 Å². The standard InChI is InChI=1S/C10H15NO2/c1-8(2)13-10(12)9-6-4-5-7-11(9)3/h4-9H,1-3H3. The largest absolute Gasteiger partial charge is 0.461 e. The Morgan fingerprint density at radius 2 is 2.15 bits per heavy atom. The zero-order chi connectivity index (χ0) is 9.84. The summed E-state index contributed by atoms with van der Waals surface area (Å²) in [6.45, 7) is 3.70. The summed E-state index contributed by atoms with van der Waals surface area (Å²) in [7, 11) is 1.85. The number of hydrogen-bond acceptors (Lipinski definition) is 3. The number of rotatable bonds is 2. The van der Waals surface area contributed by atoms with Crippen LogP contribution >= 0.6 is 0 Å². The van der Waals surface area contributed by atoms with Gasteiger partial charge in [0.2, 0.25) is 0 Å². The Hall–Kier alpha value is -1.25. The number of nitrogens with zero attached hydrogens (tertiary/aromatic N) is 1. The van der Waals surface area contributed by atoms with Crippen molar-refractivity contribution in [2.24, 2.45) is 0 Å². The molecule has 3 heteroatoms. The molecule has 3 nitrogen and oxygen atoms in total. The van der Waals surface area contributed by atoms with Crippen molar-refractivity contribution < 1.29 is 9.53 Å². The number of carbonyl (C=O) groups excluding carboxylic acids is 1. The molecule has 0 radical (unpaired) electrons. The summed E-state index contributed by atoms with van der Waals surface area (Å²) < 4.78 is 5.09. The zero-order valence-electron chi connectivity index (χ0n) is 8.23. The molecular weight excluding hydrogens is 166 g/mol. The third-order valence-corrected chi connectivity index (χ3v) is 1.76. The Morgan fingerprint density at radius 3 is 2.69 bits per heavy atom. The summed E-state index contributed by atoms with van der Waals surface area (Å²) in [5.41, 5.74) is 0. The Morgan fingerprint density at radius 1 is 1.46 bits per heavy atom. The summed E-state index contributed by atoms with van der Waals surface area (Å²) in [6, 6.07) is -0.271. The lowest BCUT2D eigenvalue weighted by molar-refractivity contribution is -0.150. The van der Waals surface area contributed by atoms with E-state index in [0.29, 0.717) is 0 Å². The first-order valence-corrected chi connectivity index (χ1v) is 4.38. The van der Waals surface area contributed by atoms with Gasteiger partial charge in [-0.3, -0.25) is 0 Å². The van der Waals surface area contributed by atoms with Gasteiger partial charge in [-0.05, 0) is 26.1 Å². The predicted octanol–water partition coefficient (Wildman–Crippen LogP) is 1.32. The van der Waals surface area contributed by atoms with Crippen LogP contribution in [-0.2, 0) is 9.53 Å². The molecule has 1 aliphatic heterocycles. The van der Waals surface area contributed by atoms with Gasteiger partial charge in [-0.2, -0.15) is 0 Å². The molecule has 1 unspecified atom stereocenters. The van der Waals surface area contributed by atoms with E-state index in [1.54, 1.807) is 0 Å². The minimum atomic E-state index is -0.271. The maximum atomic E-state index is 11.5. The predicted molar refractivity (Wildman–Crippen MR) is 51.1 cm³/mol. The first-order chi connectivity index (χ1) is 6.11. The van der Waals surface area contributed by atoms with Crippen LogP contribution < -0.4 is 0 Å². The van der Waals surface area contributed by atoms with E-state index in [0.717, 1.165) is 0 Å². The highest BCUT2D eigenvalue weighted by Crippen LogP contribution is 2.08. The molecule has 1 heterocycles. The molecule has 0 saturated carbocycles. The highest BCUT2D eigenvalue weighted by atomic mass is 16.5. The summed E-state index contributed by atoms with van der Waals surface area (Å²) in [4.78, 5) is 13.3. The van der Waals surface area contributed by atoms with Gasteiger partial charge < -0.3 is 9.64 Å². The fourth-order valence-electron chi connectivity index (χ4n) is 1.13. The second-order valence-corrected chi connectivity index (χ2v) is 3.32. The molecule has 0 saturated heterocycles. The van der Waals surface area contributed by atoms with Crippen LogP contribution in [0.5, 0.6) is 0 Å². The first-order valence-electron chi connectivity index (χ1n) is 4.38. The number of carbonyl (C=O) groups is 1. The molecule has 0 aromatic carbocycles. The third kappa shape index (κ3) is 2.61. The van der Waals surface area contributed by atoms with Gasteiger partial charge in [0.1, 0.15) is 6.04 Å². The van der Waals surface area contributed by atoms with Crippen molar-refractivity contribution in [2.45, 2.75) is 26.0 Å². The molecule has 1 aliphatic rings. The number of hydrogen-bond donors (Lipinski definition) is 0. The molecule has 1 atom stereocenters. The Labute approximate surface area is 78.7 Å². The molecule has 0 amide bonds. The van der Waals surface area contributed by atoms with Crippen LogP contribution in [0.25, 0.3) is 0 Å². The first kappa shape index (κ1) is 9.84. The third-order valence-electron chi connectivity index (χ3n) is 1.76. The summed E-state index contributed by atoms with van der Waals surface area (Å²) in [5.74, 6) is -0.196. The monoisotopic (exact) mass is 181 g/mol. The molecule has 1 rings (SSSR count). The van der Waals surface area contributed by atoms with Crippen LogP contribution in [0.1, 0.15) is 13.8 Å². The van der Waals surface area contributed by atoms with Crippen LogP contribution in [0, 0.1) is 0 Å². The molecule has 13 heavy (non-hydrogen) atoms. The Kier molecular flexibility index (Phi) is 3.12. The Bertz CT molecular complexity index is 243. The number of ether oxygens (including phenoxy) is 1. The van der Waals surface area contributed by atoms with E-state index < -0.39 is 0 Å². The van der Waals surface area contributed by atoms with Gasteiger partial charge in [0.25, 0.3) is 0 Å².